The fraction of sp³-hybridized carbons (Fsp3) is 0.875. The van der Waals surface area contributed by atoms with Crippen molar-refractivity contribution in [1.82, 2.24) is 10.2 Å². The van der Waals surface area contributed by atoms with E-state index in [0.717, 1.165) is 12.8 Å². The molecule has 1 fully saturated rings. The van der Waals surface area contributed by atoms with E-state index in [4.69, 9.17) is 0 Å². The van der Waals surface area contributed by atoms with Gasteiger partial charge >= 0.3 is 6.03 Å². The van der Waals surface area contributed by atoms with E-state index in [9.17, 15) is 13.2 Å². The van der Waals surface area contributed by atoms with Crippen molar-refractivity contribution in [2.24, 2.45) is 0 Å². The van der Waals surface area contributed by atoms with E-state index in [-0.39, 0.29) is 18.3 Å². The number of carbonyl (C=O) groups is 1. The Kier molecular flexibility index (Phi) is 3.36. The SMILES string of the molecule is CN(CCS(C)(=O)=O)C(=O)NC1CC1. The second-order valence-corrected chi connectivity index (χ2v) is 6.03. The van der Waals surface area contributed by atoms with Crippen LogP contribution >= 0.6 is 0 Å². The molecule has 0 aromatic carbocycles. The third-order valence-electron chi connectivity index (χ3n) is 2.05. The van der Waals surface area contributed by atoms with E-state index >= 15 is 0 Å². The fourth-order valence-electron chi connectivity index (χ4n) is 0.917. The molecule has 0 unspecified atom stereocenters. The zero-order valence-electron chi connectivity index (χ0n) is 8.49. The average molecular weight is 220 g/mol. The van der Waals surface area contributed by atoms with Crippen LogP contribution in [0.25, 0.3) is 0 Å². The standard InChI is InChI=1S/C8H16N2O3S/c1-10(5-6-14(2,12)13)8(11)9-7-3-4-7/h7H,3-6H2,1-2H3,(H,9,11). The number of hydrogen-bond acceptors (Lipinski definition) is 3. The van der Waals surface area contributed by atoms with Gasteiger partial charge in [-0.05, 0) is 12.8 Å². The highest BCUT2D eigenvalue weighted by Gasteiger charge is 2.24. The van der Waals surface area contributed by atoms with E-state index in [0.29, 0.717) is 6.04 Å². The maximum absolute atomic E-state index is 11.3. The molecule has 0 spiro atoms. The molecule has 1 N–H and O–H groups in total. The highest BCUT2D eigenvalue weighted by molar-refractivity contribution is 7.90. The maximum atomic E-state index is 11.3. The van der Waals surface area contributed by atoms with Crippen LogP contribution in [0, 0.1) is 0 Å². The number of carbonyl (C=O) groups excluding carboxylic acids is 1. The summed E-state index contributed by atoms with van der Waals surface area (Å²) in [6.45, 7) is 0.247. The molecule has 0 radical (unpaired) electrons. The van der Waals surface area contributed by atoms with Crippen molar-refractivity contribution in [3.63, 3.8) is 0 Å². The van der Waals surface area contributed by atoms with Gasteiger partial charge in [-0.3, -0.25) is 0 Å². The topological polar surface area (TPSA) is 66.5 Å². The van der Waals surface area contributed by atoms with Gasteiger partial charge in [-0.25, -0.2) is 13.2 Å². The predicted octanol–water partition coefficient (Wildman–Crippen LogP) is -0.165. The average Bonchev–Trinajstić information content (AvgIpc) is 2.82. The number of rotatable bonds is 4. The Hall–Kier alpha value is -0.780. The van der Waals surface area contributed by atoms with Crippen LogP contribution in [0.15, 0.2) is 0 Å². The Labute approximate surface area is 84.4 Å². The summed E-state index contributed by atoms with van der Waals surface area (Å²) >= 11 is 0. The Balaban J connectivity index is 2.25. The molecule has 1 rings (SSSR count). The van der Waals surface area contributed by atoms with Crippen LogP contribution in [0.5, 0.6) is 0 Å². The van der Waals surface area contributed by atoms with Gasteiger partial charge in [0.2, 0.25) is 0 Å². The summed E-state index contributed by atoms with van der Waals surface area (Å²) in [7, 11) is -1.39. The molecule has 0 atom stereocenters. The van der Waals surface area contributed by atoms with Crippen molar-refractivity contribution in [3.8, 4) is 0 Å². The van der Waals surface area contributed by atoms with Crippen molar-refractivity contribution >= 4 is 15.9 Å². The van der Waals surface area contributed by atoms with E-state index in [2.05, 4.69) is 5.32 Å². The quantitative estimate of drug-likeness (QED) is 0.715. The van der Waals surface area contributed by atoms with Gasteiger partial charge < -0.3 is 10.2 Å². The van der Waals surface area contributed by atoms with Gasteiger partial charge in [0.05, 0.1) is 5.75 Å². The van der Waals surface area contributed by atoms with Crippen LogP contribution in [0.2, 0.25) is 0 Å². The summed E-state index contributed by atoms with van der Waals surface area (Å²) in [5.41, 5.74) is 0. The summed E-state index contributed by atoms with van der Waals surface area (Å²) < 4.78 is 21.7. The highest BCUT2D eigenvalue weighted by Crippen LogP contribution is 2.18. The van der Waals surface area contributed by atoms with Gasteiger partial charge in [-0.15, -0.1) is 0 Å². The molecule has 0 aromatic heterocycles. The van der Waals surface area contributed by atoms with Crippen LogP contribution < -0.4 is 5.32 Å². The van der Waals surface area contributed by atoms with Crippen molar-refractivity contribution in [3.05, 3.63) is 0 Å². The zero-order valence-corrected chi connectivity index (χ0v) is 9.30. The second-order valence-electron chi connectivity index (χ2n) is 3.78. The van der Waals surface area contributed by atoms with Crippen LogP contribution in [-0.2, 0) is 9.84 Å². The summed E-state index contributed by atoms with van der Waals surface area (Å²) in [6.07, 6.45) is 3.23. The van der Waals surface area contributed by atoms with Gasteiger partial charge in [0.25, 0.3) is 0 Å². The van der Waals surface area contributed by atoms with Gasteiger partial charge in [0, 0.05) is 25.9 Å². The number of amides is 2. The Morgan fingerprint density at radius 2 is 2.07 bits per heavy atom. The number of urea groups is 1. The minimum absolute atomic E-state index is 0.0155. The van der Waals surface area contributed by atoms with Crippen molar-refractivity contribution in [2.75, 3.05) is 25.6 Å². The lowest BCUT2D eigenvalue weighted by molar-refractivity contribution is 0.211. The first-order chi connectivity index (χ1) is 6.38. The van der Waals surface area contributed by atoms with Gasteiger partial charge in [0.15, 0.2) is 0 Å². The smallest absolute Gasteiger partial charge is 0.317 e. The largest absolute Gasteiger partial charge is 0.335 e. The molecule has 6 heteroatoms. The molecule has 0 saturated heterocycles. The molecule has 5 nitrogen and oxygen atoms in total. The first-order valence-corrected chi connectivity index (χ1v) is 6.64. The van der Waals surface area contributed by atoms with Crippen molar-refractivity contribution < 1.29 is 13.2 Å². The van der Waals surface area contributed by atoms with E-state index in [1.807, 2.05) is 0 Å². The van der Waals surface area contributed by atoms with E-state index in [1.54, 1.807) is 7.05 Å². The number of sulfone groups is 1. The molecule has 2 amide bonds. The molecule has 82 valence electrons. The zero-order chi connectivity index (χ0) is 10.8. The number of hydrogen-bond donors (Lipinski definition) is 1. The van der Waals surface area contributed by atoms with Crippen LogP contribution in [0.1, 0.15) is 12.8 Å². The van der Waals surface area contributed by atoms with Crippen molar-refractivity contribution in [2.45, 2.75) is 18.9 Å². The third kappa shape index (κ3) is 4.45. The first-order valence-electron chi connectivity index (χ1n) is 4.58. The summed E-state index contributed by atoms with van der Waals surface area (Å²) in [5, 5.41) is 2.78. The summed E-state index contributed by atoms with van der Waals surface area (Å²) in [6, 6.07) is 0.124. The minimum atomic E-state index is -2.99. The van der Waals surface area contributed by atoms with Crippen LogP contribution in [0.3, 0.4) is 0 Å². The molecule has 1 aliphatic carbocycles. The Bertz CT molecular complexity index is 309. The lowest BCUT2D eigenvalue weighted by Crippen LogP contribution is -2.40. The predicted molar refractivity (Wildman–Crippen MR) is 53.9 cm³/mol. The molecule has 0 aromatic rings. The monoisotopic (exact) mass is 220 g/mol. The molecule has 1 saturated carbocycles. The van der Waals surface area contributed by atoms with Gasteiger partial charge in [-0.1, -0.05) is 0 Å². The number of nitrogens with one attached hydrogen (secondary N) is 1. The van der Waals surface area contributed by atoms with Crippen LogP contribution in [0.4, 0.5) is 4.79 Å². The summed E-state index contributed by atoms with van der Waals surface area (Å²) in [5.74, 6) is 0.0155. The molecule has 0 heterocycles. The fourth-order valence-corrected chi connectivity index (χ4v) is 1.52. The lowest BCUT2D eigenvalue weighted by Gasteiger charge is -2.16. The minimum Gasteiger partial charge on any atom is -0.335 e. The molecule has 14 heavy (non-hydrogen) atoms. The Morgan fingerprint density at radius 1 is 1.50 bits per heavy atom. The van der Waals surface area contributed by atoms with Crippen LogP contribution in [-0.4, -0.2) is 51.0 Å². The molecule has 0 bridgehead atoms. The van der Waals surface area contributed by atoms with Crippen molar-refractivity contribution in [1.29, 1.82) is 0 Å². The Morgan fingerprint density at radius 3 is 2.50 bits per heavy atom. The molecule has 1 aliphatic rings. The van der Waals surface area contributed by atoms with Gasteiger partial charge in [0.1, 0.15) is 9.84 Å². The molecular formula is C8H16N2O3S. The maximum Gasteiger partial charge on any atom is 0.317 e. The third-order valence-corrected chi connectivity index (χ3v) is 2.97. The van der Waals surface area contributed by atoms with Gasteiger partial charge in [-0.2, -0.15) is 0 Å². The molecule has 0 aliphatic heterocycles. The first kappa shape index (κ1) is 11.3. The summed E-state index contributed by atoms with van der Waals surface area (Å²) in [4.78, 5) is 12.7. The second kappa shape index (κ2) is 4.16. The van der Waals surface area contributed by atoms with E-state index in [1.165, 1.54) is 11.2 Å². The van der Waals surface area contributed by atoms with E-state index < -0.39 is 9.84 Å². The molecular weight excluding hydrogens is 204 g/mol. The highest BCUT2D eigenvalue weighted by atomic mass is 32.2. The number of nitrogens with zero attached hydrogens (tertiary/aromatic N) is 1. The lowest BCUT2D eigenvalue weighted by atomic mass is 10.6. The normalized spacial score (nSPS) is 16.4.